The van der Waals surface area contributed by atoms with Gasteiger partial charge in [-0.25, -0.2) is 4.98 Å². The summed E-state index contributed by atoms with van der Waals surface area (Å²) in [5.74, 6) is 0.244. The van der Waals surface area contributed by atoms with Crippen LogP contribution in [0.3, 0.4) is 0 Å². The summed E-state index contributed by atoms with van der Waals surface area (Å²) in [5.41, 5.74) is 5.39. The van der Waals surface area contributed by atoms with E-state index in [-0.39, 0.29) is 0 Å². The van der Waals surface area contributed by atoms with Crippen LogP contribution in [0.15, 0.2) is 42.6 Å². The van der Waals surface area contributed by atoms with Crippen LogP contribution in [-0.2, 0) is 24.1 Å². The lowest BCUT2D eigenvalue weighted by atomic mass is 10.0. The maximum atomic E-state index is 11.4. The number of benzene rings is 2. The van der Waals surface area contributed by atoms with E-state index in [0.29, 0.717) is 13.2 Å². The number of hydrogen-bond acceptors (Lipinski definition) is 5. The third-order valence-corrected chi connectivity index (χ3v) is 8.22. The second-order valence-electron chi connectivity index (χ2n) is 9.73. The van der Waals surface area contributed by atoms with Crippen molar-refractivity contribution in [3.8, 4) is 22.1 Å². The van der Waals surface area contributed by atoms with Crippen LogP contribution in [-0.4, -0.2) is 34.3 Å². The molecule has 0 saturated heterocycles. The van der Waals surface area contributed by atoms with Crippen molar-refractivity contribution in [3.05, 3.63) is 64.3 Å². The third-order valence-electron chi connectivity index (χ3n) is 7.01. The second kappa shape index (κ2) is 11.4. The molecule has 0 aliphatic heterocycles. The van der Waals surface area contributed by atoms with Gasteiger partial charge >= 0.3 is 5.97 Å². The summed E-state index contributed by atoms with van der Waals surface area (Å²) in [6.45, 7) is 4.97. The molecule has 5 rings (SSSR count). The number of thiazole rings is 1. The smallest absolute Gasteiger partial charge is 0.310 e. The molecular weight excluding hydrogens is 484 g/mol. The van der Waals surface area contributed by atoms with Gasteiger partial charge in [0.15, 0.2) is 0 Å². The van der Waals surface area contributed by atoms with Crippen LogP contribution in [0.25, 0.3) is 21.5 Å². The molecule has 1 aliphatic carbocycles. The van der Waals surface area contributed by atoms with E-state index in [2.05, 4.69) is 30.1 Å². The van der Waals surface area contributed by atoms with E-state index in [1.165, 1.54) is 41.0 Å². The molecule has 0 radical (unpaired) electrons. The topological polar surface area (TPSA) is 84.4 Å². The Morgan fingerprint density at radius 1 is 1.14 bits per heavy atom. The molecule has 0 bridgehead atoms. The van der Waals surface area contributed by atoms with Crippen LogP contribution in [0.2, 0.25) is 0 Å². The number of nitrogens with one attached hydrogen (secondary N) is 1. The van der Waals surface area contributed by atoms with Crippen molar-refractivity contribution in [3.63, 3.8) is 0 Å². The van der Waals surface area contributed by atoms with Gasteiger partial charge in [0.2, 0.25) is 0 Å². The Bertz CT molecular complexity index is 1370. The number of nitrogens with zero attached hydrogens (tertiary/aromatic N) is 1. The van der Waals surface area contributed by atoms with Gasteiger partial charge in [-0.05, 0) is 86.6 Å². The first kappa shape index (κ1) is 25.3. The highest BCUT2D eigenvalue weighted by Crippen LogP contribution is 2.35. The molecule has 0 fully saturated rings. The lowest BCUT2D eigenvalue weighted by molar-refractivity contribution is -0.138. The minimum atomic E-state index is -0.842. The minimum absolute atomic E-state index is 0.519. The monoisotopic (exact) mass is 518 g/mol. The largest absolute Gasteiger partial charge is 0.493 e. The summed E-state index contributed by atoms with van der Waals surface area (Å²) in [5, 5.41) is 11.4. The number of H-pyrrole nitrogens is 1. The Balaban J connectivity index is 1.18. The molecule has 6 nitrogen and oxygen atoms in total. The van der Waals surface area contributed by atoms with Crippen LogP contribution < -0.4 is 9.47 Å². The maximum Gasteiger partial charge on any atom is 0.310 e. The van der Waals surface area contributed by atoms with Crippen molar-refractivity contribution in [2.24, 2.45) is 0 Å². The van der Waals surface area contributed by atoms with E-state index in [9.17, 15) is 9.90 Å². The minimum Gasteiger partial charge on any atom is -0.493 e. The summed E-state index contributed by atoms with van der Waals surface area (Å²) in [7, 11) is 0. The average Bonchev–Trinajstić information content (AvgIpc) is 3.53. The molecule has 2 heterocycles. The van der Waals surface area contributed by atoms with Gasteiger partial charge in [0, 0.05) is 34.0 Å². The van der Waals surface area contributed by atoms with Crippen molar-refractivity contribution in [2.45, 2.75) is 64.7 Å². The SMILES string of the molecule is CCCc1cc(-c2nc3c(s2)CCCC3)ccc1OCCCOc1ccc2[nH]cc(C(C)C(=O)O)c2c1. The lowest BCUT2D eigenvalue weighted by Crippen LogP contribution is -2.07. The van der Waals surface area contributed by atoms with Gasteiger partial charge in [0.1, 0.15) is 16.5 Å². The molecule has 37 heavy (non-hydrogen) atoms. The first-order chi connectivity index (χ1) is 18.0. The maximum absolute atomic E-state index is 11.4. The molecule has 194 valence electrons. The number of aromatic amines is 1. The highest BCUT2D eigenvalue weighted by molar-refractivity contribution is 7.15. The fourth-order valence-corrected chi connectivity index (χ4v) is 6.07. The molecule has 0 spiro atoms. The molecular formula is C30H34N2O4S. The molecule has 0 saturated carbocycles. The molecule has 2 N–H and O–H groups in total. The van der Waals surface area contributed by atoms with Crippen molar-refractivity contribution in [1.82, 2.24) is 9.97 Å². The number of ether oxygens (including phenoxy) is 2. The van der Waals surface area contributed by atoms with Crippen LogP contribution in [0.1, 0.15) is 67.1 Å². The van der Waals surface area contributed by atoms with E-state index in [1.807, 2.05) is 29.5 Å². The van der Waals surface area contributed by atoms with Crippen molar-refractivity contribution >= 4 is 28.2 Å². The number of carboxylic acids is 1. The Labute approximate surface area is 221 Å². The van der Waals surface area contributed by atoms with Crippen LogP contribution >= 0.6 is 11.3 Å². The van der Waals surface area contributed by atoms with Gasteiger partial charge in [-0.1, -0.05) is 13.3 Å². The number of aromatic nitrogens is 2. The fraction of sp³-hybridized carbons (Fsp3) is 0.400. The summed E-state index contributed by atoms with van der Waals surface area (Å²) in [6, 6.07) is 12.2. The van der Waals surface area contributed by atoms with E-state index in [0.717, 1.165) is 58.7 Å². The molecule has 1 unspecified atom stereocenters. The molecule has 1 aliphatic rings. The number of aryl methyl sites for hydroxylation is 3. The van der Waals surface area contributed by atoms with Gasteiger partial charge < -0.3 is 19.6 Å². The third kappa shape index (κ3) is 5.67. The predicted octanol–water partition coefficient (Wildman–Crippen LogP) is 7.16. The summed E-state index contributed by atoms with van der Waals surface area (Å²) >= 11 is 1.85. The van der Waals surface area contributed by atoms with Crippen LogP contribution in [0.4, 0.5) is 0 Å². The highest BCUT2D eigenvalue weighted by atomic mass is 32.1. The van der Waals surface area contributed by atoms with Crippen molar-refractivity contribution in [2.75, 3.05) is 13.2 Å². The van der Waals surface area contributed by atoms with E-state index in [1.54, 1.807) is 13.1 Å². The summed E-state index contributed by atoms with van der Waals surface area (Å²) in [6.07, 6.45) is 9.34. The van der Waals surface area contributed by atoms with Gasteiger partial charge in [0.05, 0.1) is 24.8 Å². The zero-order chi connectivity index (χ0) is 25.8. The number of fused-ring (bicyclic) bond motifs is 2. The number of carboxylic acid groups (broad SMARTS) is 1. The molecule has 2 aromatic carbocycles. The van der Waals surface area contributed by atoms with Gasteiger partial charge in [0.25, 0.3) is 0 Å². The summed E-state index contributed by atoms with van der Waals surface area (Å²) < 4.78 is 12.1. The first-order valence-corrected chi connectivity index (χ1v) is 14.1. The summed E-state index contributed by atoms with van der Waals surface area (Å²) in [4.78, 5) is 21.0. The Morgan fingerprint density at radius 2 is 1.97 bits per heavy atom. The number of hydrogen-bond donors (Lipinski definition) is 2. The Kier molecular flexibility index (Phi) is 7.79. The van der Waals surface area contributed by atoms with Gasteiger partial charge in [-0.3, -0.25) is 4.79 Å². The lowest BCUT2D eigenvalue weighted by Gasteiger charge is -2.13. The molecule has 1 atom stereocenters. The highest BCUT2D eigenvalue weighted by Gasteiger charge is 2.19. The normalized spacial score (nSPS) is 13.9. The van der Waals surface area contributed by atoms with E-state index < -0.39 is 11.9 Å². The first-order valence-electron chi connectivity index (χ1n) is 13.2. The molecule has 4 aromatic rings. The predicted molar refractivity (Wildman–Crippen MR) is 148 cm³/mol. The standard InChI is InChI=1S/C30H34N2O4S/c1-3-7-20-16-21(29-32-26-8-4-5-9-28(26)37-29)10-13-27(20)36-15-6-14-35-22-11-12-25-23(17-22)24(18-31-25)19(2)30(33)34/h10-13,16-19,31H,3-9,14-15H2,1-2H3,(H,33,34). The number of rotatable bonds is 11. The zero-order valence-electron chi connectivity index (χ0n) is 21.5. The van der Waals surface area contributed by atoms with Crippen LogP contribution in [0.5, 0.6) is 11.5 Å². The van der Waals surface area contributed by atoms with Crippen molar-refractivity contribution < 1.29 is 19.4 Å². The zero-order valence-corrected chi connectivity index (χ0v) is 22.3. The second-order valence-corrected chi connectivity index (χ2v) is 10.8. The van der Waals surface area contributed by atoms with Crippen molar-refractivity contribution in [1.29, 1.82) is 0 Å². The fourth-order valence-electron chi connectivity index (χ4n) is 4.93. The molecule has 0 amide bonds. The van der Waals surface area contributed by atoms with E-state index >= 15 is 0 Å². The Morgan fingerprint density at radius 3 is 2.78 bits per heavy atom. The van der Waals surface area contributed by atoms with Gasteiger partial charge in [-0.15, -0.1) is 11.3 Å². The van der Waals surface area contributed by atoms with Crippen LogP contribution in [0, 0.1) is 0 Å². The Hall–Kier alpha value is -3.32. The average molecular weight is 519 g/mol. The molecule has 2 aromatic heterocycles. The molecule has 7 heteroatoms. The quantitative estimate of drug-likeness (QED) is 0.206. The number of aliphatic carboxylic acids is 1. The van der Waals surface area contributed by atoms with Gasteiger partial charge in [-0.2, -0.15) is 0 Å². The number of carbonyl (C=O) groups is 1. The van der Waals surface area contributed by atoms with E-state index in [4.69, 9.17) is 14.5 Å².